The number of hydrogen-bond acceptors (Lipinski definition) is 3. The van der Waals surface area contributed by atoms with Gasteiger partial charge in [0.2, 0.25) is 5.91 Å². The molecule has 0 spiro atoms. The first-order valence-corrected chi connectivity index (χ1v) is 7.36. The van der Waals surface area contributed by atoms with Crippen LogP contribution in [0.4, 0.5) is 0 Å². The predicted molar refractivity (Wildman–Crippen MR) is 82.5 cm³/mol. The predicted octanol–water partition coefficient (Wildman–Crippen LogP) is 1.13. The van der Waals surface area contributed by atoms with Gasteiger partial charge >= 0.3 is 0 Å². The van der Waals surface area contributed by atoms with Crippen molar-refractivity contribution in [2.75, 3.05) is 19.7 Å². The van der Waals surface area contributed by atoms with Gasteiger partial charge in [0.05, 0.1) is 6.61 Å². The standard InChI is InChI=1S/C17H22N2O2/c1-14(21)18-17-9-10-19(13-17)12-16-8-3-2-6-15(16)7-4-5-11-20/h2-3,6,8,17,20H,5,9-13H2,1H3,(H,18,21). The monoisotopic (exact) mass is 286 g/mol. The summed E-state index contributed by atoms with van der Waals surface area (Å²) in [6, 6.07) is 8.37. The van der Waals surface area contributed by atoms with Crippen LogP contribution in [0.25, 0.3) is 0 Å². The van der Waals surface area contributed by atoms with Crippen LogP contribution < -0.4 is 5.32 Å². The second-order valence-corrected chi connectivity index (χ2v) is 5.35. The molecule has 1 fully saturated rings. The lowest BCUT2D eigenvalue weighted by Gasteiger charge is -2.17. The number of amides is 1. The maximum absolute atomic E-state index is 11.1. The lowest BCUT2D eigenvalue weighted by atomic mass is 10.1. The largest absolute Gasteiger partial charge is 0.395 e. The van der Waals surface area contributed by atoms with Crippen molar-refractivity contribution in [2.24, 2.45) is 0 Å². The fourth-order valence-electron chi connectivity index (χ4n) is 2.62. The van der Waals surface area contributed by atoms with E-state index in [2.05, 4.69) is 28.1 Å². The third-order valence-electron chi connectivity index (χ3n) is 3.55. The maximum Gasteiger partial charge on any atom is 0.217 e. The van der Waals surface area contributed by atoms with E-state index in [0.29, 0.717) is 6.42 Å². The number of nitrogens with one attached hydrogen (secondary N) is 1. The molecule has 0 radical (unpaired) electrons. The smallest absolute Gasteiger partial charge is 0.217 e. The van der Waals surface area contributed by atoms with Crippen LogP contribution in [-0.2, 0) is 11.3 Å². The van der Waals surface area contributed by atoms with Gasteiger partial charge < -0.3 is 10.4 Å². The normalized spacial score (nSPS) is 18.1. The maximum atomic E-state index is 11.1. The summed E-state index contributed by atoms with van der Waals surface area (Å²) in [5, 5.41) is 11.8. The van der Waals surface area contributed by atoms with E-state index in [1.165, 1.54) is 5.56 Å². The lowest BCUT2D eigenvalue weighted by Crippen LogP contribution is -2.35. The Morgan fingerprint density at radius 2 is 2.29 bits per heavy atom. The Hall–Kier alpha value is -1.83. The highest BCUT2D eigenvalue weighted by Gasteiger charge is 2.23. The van der Waals surface area contributed by atoms with Crippen LogP contribution in [0.3, 0.4) is 0 Å². The number of rotatable bonds is 4. The summed E-state index contributed by atoms with van der Waals surface area (Å²) < 4.78 is 0. The average Bonchev–Trinajstić information content (AvgIpc) is 2.87. The Morgan fingerprint density at radius 3 is 3.05 bits per heavy atom. The third-order valence-corrected chi connectivity index (χ3v) is 3.55. The van der Waals surface area contributed by atoms with Gasteiger partial charge in [0.1, 0.15) is 0 Å². The van der Waals surface area contributed by atoms with Crippen LogP contribution in [0.2, 0.25) is 0 Å². The van der Waals surface area contributed by atoms with E-state index in [1.54, 1.807) is 6.92 Å². The molecule has 0 aliphatic carbocycles. The highest BCUT2D eigenvalue weighted by molar-refractivity contribution is 5.73. The summed E-state index contributed by atoms with van der Waals surface area (Å²) in [6.45, 7) is 4.38. The van der Waals surface area contributed by atoms with Gasteiger partial charge in [-0.15, -0.1) is 0 Å². The van der Waals surface area contributed by atoms with E-state index < -0.39 is 0 Å². The van der Waals surface area contributed by atoms with Gasteiger partial charge in [0, 0.05) is 44.6 Å². The van der Waals surface area contributed by atoms with Crippen molar-refractivity contribution in [2.45, 2.75) is 32.4 Å². The van der Waals surface area contributed by atoms with E-state index in [9.17, 15) is 4.79 Å². The molecule has 1 unspecified atom stereocenters. The Kier molecular flexibility index (Phi) is 5.79. The molecule has 4 nitrogen and oxygen atoms in total. The first kappa shape index (κ1) is 15.6. The molecule has 2 N–H and O–H groups in total. The fourth-order valence-corrected chi connectivity index (χ4v) is 2.62. The number of aliphatic hydroxyl groups excluding tert-OH is 1. The molecular weight excluding hydrogens is 264 g/mol. The van der Waals surface area contributed by atoms with Crippen LogP contribution in [0.5, 0.6) is 0 Å². The molecule has 1 atom stereocenters. The first-order valence-electron chi connectivity index (χ1n) is 7.36. The zero-order valence-corrected chi connectivity index (χ0v) is 12.4. The molecule has 4 heteroatoms. The van der Waals surface area contributed by atoms with Crippen molar-refractivity contribution in [1.29, 1.82) is 0 Å². The molecule has 1 aromatic rings. The molecule has 0 aromatic heterocycles. The van der Waals surface area contributed by atoms with Gasteiger partial charge in [-0.25, -0.2) is 0 Å². The van der Waals surface area contributed by atoms with Gasteiger partial charge in [-0.1, -0.05) is 30.0 Å². The lowest BCUT2D eigenvalue weighted by molar-refractivity contribution is -0.119. The highest BCUT2D eigenvalue weighted by atomic mass is 16.2. The fraction of sp³-hybridized carbons (Fsp3) is 0.471. The second-order valence-electron chi connectivity index (χ2n) is 5.35. The number of hydrogen-bond donors (Lipinski definition) is 2. The van der Waals surface area contributed by atoms with Gasteiger partial charge in [-0.05, 0) is 18.1 Å². The van der Waals surface area contributed by atoms with Crippen molar-refractivity contribution < 1.29 is 9.90 Å². The van der Waals surface area contributed by atoms with Crippen molar-refractivity contribution in [3.8, 4) is 11.8 Å². The van der Waals surface area contributed by atoms with Crippen LogP contribution >= 0.6 is 0 Å². The minimum atomic E-state index is 0.0390. The van der Waals surface area contributed by atoms with E-state index in [4.69, 9.17) is 5.11 Å². The van der Waals surface area contributed by atoms with Crippen LogP contribution in [0.15, 0.2) is 24.3 Å². The molecule has 1 saturated heterocycles. The van der Waals surface area contributed by atoms with Crippen molar-refractivity contribution >= 4 is 5.91 Å². The van der Waals surface area contributed by atoms with Crippen molar-refractivity contribution in [3.05, 3.63) is 35.4 Å². The molecule has 1 heterocycles. The number of aliphatic hydroxyl groups is 1. The second kappa shape index (κ2) is 7.82. The summed E-state index contributed by atoms with van der Waals surface area (Å²) >= 11 is 0. The van der Waals surface area contributed by atoms with Crippen LogP contribution in [-0.4, -0.2) is 41.7 Å². The topological polar surface area (TPSA) is 52.6 Å². The van der Waals surface area contributed by atoms with Crippen LogP contribution in [0.1, 0.15) is 30.9 Å². The Morgan fingerprint density at radius 1 is 1.48 bits per heavy atom. The Labute approximate surface area is 126 Å². The van der Waals surface area contributed by atoms with Crippen molar-refractivity contribution in [3.63, 3.8) is 0 Å². The molecule has 1 aliphatic rings. The molecular formula is C17H22N2O2. The zero-order valence-electron chi connectivity index (χ0n) is 12.4. The first-order chi connectivity index (χ1) is 10.2. The van der Waals surface area contributed by atoms with Gasteiger partial charge in [-0.2, -0.15) is 0 Å². The summed E-state index contributed by atoms with van der Waals surface area (Å²) in [5.41, 5.74) is 2.22. The number of likely N-dealkylation sites (tertiary alicyclic amines) is 1. The van der Waals surface area contributed by atoms with Crippen molar-refractivity contribution in [1.82, 2.24) is 10.2 Å². The summed E-state index contributed by atoms with van der Waals surface area (Å²) in [4.78, 5) is 13.4. The summed E-state index contributed by atoms with van der Waals surface area (Å²) in [5.74, 6) is 6.14. The van der Waals surface area contributed by atoms with E-state index in [-0.39, 0.29) is 18.6 Å². The summed E-state index contributed by atoms with van der Waals surface area (Å²) in [7, 11) is 0. The molecule has 0 bridgehead atoms. The zero-order chi connectivity index (χ0) is 15.1. The molecule has 1 amide bonds. The molecule has 112 valence electrons. The highest BCUT2D eigenvalue weighted by Crippen LogP contribution is 2.16. The molecule has 1 aromatic carbocycles. The summed E-state index contributed by atoms with van der Waals surface area (Å²) in [6.07, 6.45) is 1.50. The number of carbonyl (C=O) groups excluding carboxylic acids is 1. The molecule has 21 heavy (non-hydrogen) atoms. The van der Waals surface area contributed by atoms with Crippen LogP contribution in [0, 0.1) is 11.8 Å². The minimum absolute atomic E-state index is 0.0390. The minimum Gasteiger partial charge on any atom is -0.395 e. The number of nitrogens with zero attached hydrogens (tertiary/aromatic N) is 1. The van der Waals surface area contributed by atoms with Gasteiger partial charge in [-0.3, -0.25) is 9.69 Å². The Balaban J connectivity index is 1.98. The molecule has 0 saturated carbocycles. The van der Waals surface area contributed by atoms with Gasteiger partial charge in [0.25, 0.3) is 0 Å². The SMILES string of the molecule is CC(=O)NC1CCN(Cc2ccccc2C#CCCO)C1. The van der Waals surface area contributed by atoms with E-state index in [0.717, 1.165) is 31.6 Å². The van der Waals surface area contributed by atoms with E-state index >= 15 is 0 Å². The number of carbonyl (C=O) groups is 1. The average molecular weight is 286 g/mol. The quantitative estimate of drug-likeness (QED) is 0.816. The molecule has 1 aliphatic heterocycles. The number of benzene rings is 1. The Bertz CT molecular complexity index is 545. The molecule has 2 rings (SSSR count). The van der Waals surface area contributed by atoms with Gasteiger partial charge in [0.15, 0.2) is 0 Å². The third kappa shape index (κ3) is 4.89. The van der Waals surface area contributed by atoms with E-state index in [1.807, 2.05) is 18.2 Å².